The van der Waals surface area contributed by atoms with E-state index in [1.807, 2.05) is 0 Å². The molecule has 3 nitrogen and oxygen atoms in total. The molecule has 2 aromatic carbocycles. The molecule has 2 aromatic rings. The van der Waals surface area contributed by atoms with Crippen molar-refractivity contribution in [2.75, 3.05) is 0 Å². The minimum absolute atomic E-state index is 0.0557. The van der Waals surface area contributed by atoms with Gasteiger partial charge in [-0.2, -0.15) is 4.39 Å². The van der Waals surface area contributed by atoms with Crippen molar-refractivity contribution in [2.45, 2.75) is 13.0 Å². The Kier molecular flexibility index (Phi) is 4.90. The molecule has 2 rings (SSSR count). The van der Waals surface area contributed by atoms with Crippen LogP contribution >= 0.6 is 15.9 Å². The lowest BCUT2D eigenvalue weighted by molar-refractivity contribution is -0.136. The first-order chi connectivity index (χ1) is 9.95. The average molecular weight is 357 g/mol. The van der Waals surface area contributed by atoms with Gasteiger partial charge in [0, 0.05) is 4.47 Å². The second-order valence-corrected chi connectivity index (χ2v) is 5.29. The van der Waals surface area contributed by atoms with Crippen molar-refractivity contribution in [3.63, 3.8) is 0 Å². The fourth-order valence-electron chi connectivity index (χ4n) is 1.73. The number of carbonyl (C=O) groups is 1. The van der Waals surface area contributed by atoms with E-state index in [4.69, 9.17) is 9.84 Å². The Balaban J connectivity index is 2.05. The van der Waals surface area contributed by atoms with E-state index in [1.54, 1.807) is 24.3 Å². The molecule has 0 aliphatic heterocycles. The van der Waals surface area contributed by atoms with E-state index in [1.165, 1.54) is 6.07 Å². The summed E-state index contributed by atoms with van der Waals surface area (Å²) in [6.07, 6.45) is -0.0629. The Morgan fingerprint density at radius 2 is 1.76 bits per heavy atom. The smallest absolute Gasteiger partial charge is 0.307 e. The fraction of sp³-hybridized carbons (Fsp3) is 0.133. The van der Waals surface area contributed by atoms with Crippen LogP contribution in [0.15, 0.2) is 40.9 Å². The molecule has 21 heavy (non-hydrogen) atoms. The summed E-state index contributed by atoms with van der Waals surface area (Å²) in [5.74, 6) is -3.13. The Hall–Kier alpha value is -1.95. The Morgan fingerprint density at radius 3 is 2.38 bits per heavy atom. The molecule has 0 unspecified atom stereocenters. The molecule has 0 aromatic heterocycles. The van der Waals surface area contributed by atoms with Crippen LogP contribution < -0.4 is 4.74 Å². The number of rotatable bonds is 5. The molecule has 0 saturated heterocycles. The average Bonchev–Trinajstić information content (AvgIpc) is 2.42. The van der Waals surface area contributed by atoms with Crippen LogP contribution in [0.2, 0.25) is 0 Å². The number of ether oxygens (including phenoxy) is 1. The van der Waals surface area contributed by atoms with Crippen LogP contribution in [0.1, 0.15) is 11.1 Å². The molecule has 110 valence electrons. The third-order valence-corrected chi connectivity index (χ3v) is 3.19. The highest BCUT2D eigenvalue weighted by Gasteiger charge is 2.11. The molecule has 0 radical (unpaired) electrons. The second-order valence-electron chi connectivity index (χ2n) is 4.38. The van der Waals surface area contributed by atoms with Crippen LogP contribution in [0, 0.1) is 11.6 Å². The summed E-state index contributed by atoms with van der Waals surface area (Å²) >= 11 is 3.06. The molecule has 0 aliphatic rings. The molecule has 0 atom stereocenters. The zero-order valence-corrected chi connectivity index (χ0v) is 12.4. The monoisotopic (exact) mass is 356 g/mol. The number of halogens is 3. The van der Waals surface area contributed by atoms with Crippen LogP contribution in [-0.2, 0) is 17.8 Å². The van der Waals surface area contributed by atoms with Crippen LogP contribution in [0.5, 0.6) is 5.75 Å². The van der Waals surface area contributed by atoms with Gasteiger partial charge < -0.3 is 9.84 Å². The quantitative estimate of drug-likeness (QED) is 0.825. The topological polar surface area (TPSA) is 46.5 Å². The maximum atomic E-state index is 13.5. The summed E-state index contributed by atoms with van der Waals surface area (Å²) < 4.78 is 32.3. The van der Waals surface area contributed by atoms with Crippen LogP contribution in [0.25, 0.3) is 0 Å². The lowest BCUT2D eigenvalue weighted by atomic mass is 10.1. The number of aliphatic carboxylic acids is 1. The van der Waals surface area contributed by atoms with Gasteiger partial charge in [-0.3, -0.25) is 4.79 Å². The van der Waals surface area contributed by atoms with Crippen molar-refractivity contribution in [2.24, 2.45) is 0 Å². The van der Waals surface area contributed by atoms with Gasteiger partial charge in [-0.15, -0.1) is 0 Å². The number of benzene rings is 2. The van der Waals surface area contributed by atoms with Gasteiger partial charge in [0.25, 0.3) is 0 Å². The standard InChI is InChI=1S/C15H11BrF2O3/c16-11-6-12(17)15(18)13(7-11)21-8-10-3-1-9(2-4-10)5-14(19)20/h1-4,6-7H,5,8H2,(H,19,20). The molecule has 0 fully saturated rings. The van der Waals surface area contributed by atoms with E-state index in [0.717, 1.165) is 11.6 Å². The predicted octanol–water partition coefficient (Wildman–Crippen LogP) is 3.93. The molecular formula is C15H11BrF2O3. The SMILES string of the molecule is O=C(O)Cc1ccc(COc2cc(Br)cc(F)c2F)cc1. The summed E-state index contributed by atoms with van der Waals surface area (Å²) in [5, 5.41) is 8.66. The lowest BCUT2D eigenvalue weighted by Gasteiger charge is -2.09. The molecule has 0 bridgehead atoms. The molecular weight excluding hydrogens is 346 g/mol. The third kappa shape index (κ3) is 4.26. The van der Waals surface area contributed by atoms with E-state index < -0.39 is 17.6 Å². The van der Waals surface area contributed by atoms with Crippen LogP contribution in [0.4, 0.5) is 8.78 Å². The van der Waals surface area contributed by atoms with Crippen LogP contribution in [0.3, 0.4) is 0 Å². The third-order valence-electron chi connectivity index (χ3n) is 2.73. The Labute approximate surface area is 128 Å². The molecule has 0 aliphatic carbocycles. The fourth-order valence-corrected chi connectivity index (χ4v) is 2.14. The van der Waals surface area contributed by atoms with Crippen LogP contribution in [-0.4, -0.2) is 11.1 Å². The summed E-state index contributed by atoms with van der Waals surface area (Å²) in [5.41, 5.74) is 1.38. The summed E-state index contributed by atoms with van der Waals surface area (Å²) in [7, 11) is 0. The van der Waals surface area contributed by atoms with Gasteiger partial charge >= 0.3 is 5.97 Å². The van der Waals surface area contributed by atoms with Gasteiger partial charge in [0.2, 0.25) is 5.82 Å². The molecule has 0 amide bonds. The van der Waals surface area contributed by atoms with Crippen molar-refractivity contribution in [3.8, 4) is 5.75 Å². The highest BCUT2D eigenvalue weighted by atomic mass is 79.9. The number of hydrogen-bond acceptors (Lipinski definition) is 2. The number of carboxylic acids is 1. The minimum Gasteiger partial charge on any atom is -0.486 e. The largest absolute Gasteiger partial charge is 0.486 e. The predicted molar refractivity (Wildman–Crippen MR) is 76.2 cm³/mol. The van der Waals surface area contributed by atoms with Gasteiger partial charge in [0.05, 0.1) is 6.42 Å². The first-order valence-electron chi connectivity index (χ1n) is 6.02. The van der Waals surface area contributed by atoms with E-state index in [2.05, 4.69) is 15.9 Å². The second kappa shape index (κ2) is 6.67. The minimum atomic E-state index is -1.04. The van der Waals surface area contributed by atoms with Crippen molar-refractivity contribution in [1.29, 1.82) is 0 Å². The van der Waals surface area contributed by atoms with Gasteiger partial charge in [-0.25, -0.2) is 4.39 Å². The van der Waals surface area contributed by atoms with E-state index >= 15 is 0 Å². The van der Waals surface area contributed by atoms with E-state index in [0.29, 0.717) is 10.0 Å². The van der Waals surface area contributed by atoms with Gasteiger partial charge in [0.15, 0.2) is 11.6 Å². The van der Waals surface area contributed by atoms with Gasteiger partial charge in [-0.1, -0.05) is 40.2 Å². The van der Waals surface area contributed by atoms with Crippen molar-refractivity contribution < 1.29 is 23.4 Å². The molecule has 6 heteroatoms. The van der Waals surface area contributed by atoms with Crippen molar-refractivity contribution >= 4 is 21.9 Å². The van der Waals surface area contributed by atoms with Crippen molar-refractivity contribution in [1.82, 2.24) is 0 Å². The molecule has 1 N–H and O–H groups in total. The highest BCUT2D eigenvalue weighted by Crippen LogP contribution is 2.26. The molecule has 0 saturated carbocycles. The first kappa shape index (κ1) is 15.4. The highest BCUT2D eigenvalue weighted by molar-refractivity contribution is 9.10. The van der Waals surface area contributed by atoms with E-state index in [-0.39, 0.29) is 18.8 Å². The maximum absolute atomic E-state index is 13.5. The number of hydrogen-bond donors (Lipinski definition) is 1. The molecule has 0 heterocycles. The summed E-state index contributed by atoms with van der Waals surface area (Å²) in [6.45, 7) is 0.0557. The Morgan fingerprint density at radius 1 is 1.14 bits per heavy atom. The van der Waals surface area contributed by atoms with Crippen molar-refractivity contribution in [3.05, 3.63) is 63.6 Å². The van der Waals surface area contributed by atoms with E-state index in [9.17, 15) is 13.6 Å². The maximum Gasteiger partial charge on any atom is 0.307 e. The molecule has 0 spiro atoms. The van der Waals surface area contributed by atoms with Gasteiger partial charge in [0.1, 0.15) is 6.61 Å². The summed E-state index contributed by atoms with van der Waals surface area (Å²) in [6, 6.07) is 9.05. The zero-order valence-electron chi connectivity index (χ0n) is 10.8. The Bertz CT molecular complexity index is 657. The number of carboxylic acid groups (broad SMARTS) is 1. The lowest BCUT2D eigenvalue weighted by Crippen LogP contribution is -2.01. The van der Waals surface area contributed by atoms with Gasteiger partial charge in [-0.05, 0) is 23.3 Å². The summed E-state index contributed by atoms with van der Waals surface area (Å²) in [4.78, 5) is 10.6. The zero-order chi connectivity index (χ0) is 15.4. The normalized spacial score (nSPS) is 10.4. The first-order valence-corrected chi connectivity index (χ1v) is 6.82.